The van der Waals surface area contributed by atoms with E-state index in [2.05, 4.69) is 10.6 Å². The summed E-state index contributed by atoms with van der Waals surface area (Å²) in [6.45, 7) is 6.53. The third-order valence-corrected chi connectivity index (χ3v) is 7.81. The molecule has 0 radical (unpaired) electrons. The van der Waals surface area contributed by atoms with Crippen molar-refractivity contribution in [1.82, 2.24) is 5.32 Å². The summed E-state index contributed by atoms with van der Waals surface area (Å²) in [4.78, 5) is 50.5. The van der Waals surface area contributed by atoms with Crippen molar-refractivity contribution < 1.29 is 44.0 Å². The maximum atomic E-state index is 15.3. The van der Waals surface area contributed by atoms with E-state index in [0.29, 0.717) is 6.54 Å². The third kappa shape index (κ3) is 4.63. The third-order valence-electron chi connectivity index (χ3n) is 7.81. The minimum Gasteiger partial charge on any atom is -0.508 e. The fraction of sp³-hybridized carbons (Fsp3) is 0.481. The smallest absolute Gasteiger partial charge is 0.255 e. The molecule has 13 heteroatoms. The molecule has 40 heavy (non-hydrogen) atoms. The second-order valence-electron chi connectivity index (χ2n) is 11.7. The normalized spacial score (nSPS) is 26.3. The Hall–Kier alpha value is -3.81. The molecule has 0 aliphatic heterocycles. The molecule has 0 bridgehead atoms. The van der Waals surface area contributed by atoms with Crippen molar-refractivity contribution in [2.24, 2.45) is 28.7 Å². The molecular formula is C27H33FN4O8. The van der Waals surface area contributed by atoms with Gasteiger partial charge in [0.05, 0.1) is 23.8 Å². The number of benzene rings is 1. The molecule has 0 unspecified atom stereocenters. The number of carbonyl (C=O) groups excluding carboxylic acids is 4. The number of halogens is 1. The first-order chi connectivity index (χ1) is 18.5. The first-order valence-corrected chi connectivity index (χ1v) is 12.8. The summed E-state index contributed by atoms with van der Waals surface area (Å²) < 4.78 is 15.3. The van der Waals surface area contributed by atoms with E-state index in [9.17, 15) is 39.6 Å². The number of carbonyl (C=O) groups is 4. The number of Topliss-reactive ketones (excluding diaryl/α,β-unsaturated/α-hetero) is 2. The molecule has 4 rings (SSSR count). The zero-order valence-electron chi connectivity index (χ0n) is 22.3. The standard InChI is InChI=1S/C27H33FN4O8/c1-26(2,3)4-5-31-9-15(33)32-14-8-13(28)11-6-10-7-12-19(29)22(36)18(25(30)39)24(38)27(12,40)23(37)16(10)21(35)17(11)20(14)34/h8,10,12,19,31,34-35,38,40H,4-7,9,29H2,1-3H3,(H2,30,39)(H,32,33)/t10-,12-,19-,27-/m0/s1. The molecule has 1 fully saturated rings. The minimum absolute atomic E-state index is 0.0438. The van der Waals surface area contributed by atoms with Crippen LogP contribution in [-0.4, -0.2) is 68.5 Å². The predicted molar refractivity (Wildman–Crippen MR) is 140 cm³/mol. The van der Waals surface area contributed by atoms with E-state index in [0.717, 1.165) is 12.5 Å². The fourth-order valence-electron chi connectivity index (χ4n) is 5.69. The highest BCUT2D eigenvalue weighted by Crippen LogP contribution is 2.52. The van der Waals surface area contributed by atoms with E-state index in [1.54, 1.807) is 0 Å². The Morgan fingerprint density at radius 1 is 1.20 bits per heavy atom. The lowest BCUT2D eigenvalue weighted by Gasteiger charge is -2.48. The number of aliphatic hydroxyl groups is 3. The number of aromatic hydroxyl groups is 1. The monoisotopic (exact) mass is 560 g/mol. The van der Waals surface area contributed by atoms with Crippen LogP contribution in [0.5, 0.6) is 5.75 Å². The number of amides is 2. The van der Waals surface area contributed by atoms with Crippen molar-refractivity contribution in [2.75, 3.05) is 18.4 Å². The molecule has 0 spiro atoms. The number of nitrogens with one attached hydrogen (secondary N) is 2. The molecular weight excluding hydrogens is 527 g/mol. The first kappa shape index (κ1) is 29.2. The van der Waals surface area contributed by atoms with Gasteiger partial charge < -0.3 is 42.5 Å². The average Bonchev–Trinajstić information content (AvgIpc) is 2.84. The molecule has 216 valence electrons. The molecule has 1 aromatic rings. The van der Waals surface area contributed by atoms with E-state index in [1.807, 2.05) is 20.8 Å². The van der Waals surface area contributed by atoms with Gasteiger partial charge in [-0.05, 0) is 37.1 Å². The van der Waals surface area contributed by atoms with Crippen LogP contribution in [0.2, 0.25) is 0 Å². The summed E-state index contributed by atoms with van der Waals surface area (Å²) in [6, 6.07) is -0.699. The molecule has 0 aromatic heterocycles. The maximum absolute atomic E-state index is 15.3. The lowest BCUT2D eigenvalue weighted by molar-refractivity contribution is -0.149. The van der Waals surface area contributed by atoms with E-state index in [-0.39, 0.29) is 36.1 Å². The molecule has 2 amide bonds. The highest BCUT2D eigenvalue weighted by Gasteiger charge is 2.63. The number of rotatable bonds is 6. The van der Waals surface area contributed by atoms with Gasteiger partial charge in [0.15, 0.2) is 17.1 Å². The van der Waals surface area contributed by atoms with Crippen molar-refractivity contribution in [1.29, 1.82) is 0 Å². The number of fused-ring (bicyclic) bond motifs is 3. The maximum Gasteiger partial charge on any atom is 0.255 e. The zero-order valence-corrected chi connectivity index (χ0v) is 22.3. The van der Waals surface area contributed by atoms with Gasteiger partial charge in [0.25, 0.3) is 5.91 Å². The van der Waals surface area contributed by atoms with Crippen LogP contribution in [0, 0.1) is 23.1 Å². The second kappa shape index (κ2) is 9.98. The summed E-state index contributed by atoms with van der Waals surface area (Å²) >= 11 is 0. The van der Waals surface area contributed by atoms with E-state index >= 15 is 4.39 Å². The van der Waals surface area contributed by atoms with Crippen LogP contribution >= 0.6 is 0 Å². The van der Waals surface area contributed by atoms with Crippen molar-refractivity contribution in [3.8, 4) is 5.75 Å². The highest BCUT2D eigenvalue weighted by atomic mass is 19.1. The van der Waals surface area contributed by atoms with Crippen molar-refractivity contribution in [3.63, 3.8) is 0 Å². The van der Waals surface area contributed by atoms with Gasteiger partial charge in [0.2, 0.25) is 11.7 Å². The molecule has 0 saturated heterocycles. The number of phenolic OH excluding ortho intramolecular Hbond substituents is 1. The van der Waals surface area contributed by atoms with Gasteiger partial charge >= 0.3 is 0 Å². The van der Waals surface area contributed by atoms with E-state index < -0.39 is 86.7 Å². The topological polar surface area (TPSA) is 225 Å². The number of hydrogen-bond donors (Lipinski definition) is 8. The summed E-state index contributed by atoms with van der Waals surface area (Å²) in [5, 5.41) is 49.4. The highest BCUT2D eigenvalue weighted by molar-refractivity contribution is 6.24. The van der Waals surface area contributed by atoms with E-state index in [1.165, 1.54) is 0 Å². The van der Waals surface area contributed by atoms with Crippen LogP contribution in [0.4, 0.5) is 10.1 Å². The van der Waals surface area contributed by atoms with Gasteiger partial charge in [-0.2, -0.15) is 0 Å². The van der Waals surface area contributed by atoms with E-state index in [4.69, 9.17) is 11.5 Å². The zero-order chi connectivity index (χ0) is 29.9. The number of primary amides is 1. The van der Waals surface area contributed by atoms with Crippen molar-refractivity contribution >= 4 is 34.8 Å². The van der Waals surface area contributed by atoms with Gasteiger partial charge in [0.1, 0.15) is 22.9 Å². The molecule has 1 aromatic carbocycles. The minimum atomic E-state index is -2.87. The van der Waals surface area contributed by atoms with Crippen molar-refractivity contribution in [3.05, 3.63) is 39.9 Å². The Morgan fingerprint density at radius 3 is 2.45 bits per heavy atom. The number of phenols is 1. The summed E-state index contributed by atoms with van der Waals surface area (Å²) in [6.07, 6.45) is 0.305. The molecule has 0 heterocycles. The Morgan fingerprint density at radius 2 is 1.85 bits per heavy atom. The lowest BCUT2D eigenvalue weighted by Crippen LogP contribution is -2.65. The van der Waals surface area contributed by atoms with Gasteiger partial charge in [-0.15, -0.1) is 0 Å². The van der Waals surface area contributed by atoms with Gasteiger partial charge in [-0.1, -0.05) is 20.8 Å². The van der Waals surface area contributed by atoms with Gasteiger partial charge in [0, 0.05) is 23.1 Å². The van der Waals surface area contributed by atoms with Crippen LogP contribution < -0.4 is 22.1 Å². The Balaban J connectivity index is 1.71. The largest absolute Gasteiger partial charge is 0.508 e. The molecule has 3 aliphatic carbocycles. The number of anilines is 1. The number of hydrogen-bond acceptors (Lipinski definition) is 10. The summed E-state index contributed by atoms with van der Waals surface area (Å²) in [5.74, 6) is -10.4. The van der Waals surface area contributed by atoms with Crippen LogP contribution in [0.1, 0.15) is 44.7 Å². The average molecular weight is 561 g/mol. The number of nitrogens with two attached hydrogens (primary N) is 2. The molecule has 10 N–H and O–H groups in total. The number of ketones is 2. The van der Waals surface area contributed by atoms with Crippen molar-refractivity contribution in [2.45, 2.75) is 51.7 Å². The molecule has 1 saturated carbocycles. The fourth-order valence-corrected chi connectivity index (χ4v) is 5.69. The Labute approximate surface area is 228 Å². The van der Waals surface area contributed by atoms with Crippen LogP contribution in [-0.2, 0) is 25.6 Å². The molecule has 12 nitrogen and oxygen atoms in total. The Bertz CT molecular complexity index is 1400. The van der Waals surface area contributed by atoms with Gasteiger partial charge in [-0.3, -0.25) is 19.2 Å². The number of aliphatic hydroxyl groups excluding tert-OH is 2. The van der Waals surface area contributed by atoms with Gasteiger partial charge in [-0.25, -0.2) is 4.39 Å². The Kier molecular flexibility index (Phi) is 7.28. The molecule has 4 atom stereocenters. The van der Waals surface area contributed by atoms with Crippen LogP contribution in [0.25, 0.3) is 5.76 Å². The molecule has 3 aliphatic rings. The quantitative estimate of drug-likeness (QED) is 0.136. The SMILES string of the molecule is CC(C)(C)CCNCC(=O)Nc1cc(F)c2c(c1O)C(O)=C1C(=O)[C@]3(O)C(O)=C(C(N)=O)C(=O)[C@@H](N)[C@@H]3C[C@@H]1C2. The lowest BCUT2D eigenvalue weighted by atomic mass is 9.58. The first-order valence-electron chi connectivity index (χ1n) is 12.8. The van der Waals surface area contributed by atoms with Crippen LogP contribution in [0.15, 0.2) is 23.0 Å². The van der Waals surface area contributed by atoms with Crippen LogP contribution in [0.3, 0.4) is 0 Å². The summed E-state index contributed by atoms with van der Waals surface area (Å²) in [7, 11) is 0. The summed E-state index contributed by atoms with van der Waals surface area (Å²) in [5.41, 5.74) is 5.86. The predicted octanol–water partition coefficient (Wildman–Crippen LogP) is 0.465. The second-order valence-corrected chi connectivity index (χ2v) is 11.7.